The molecule has 1 aromatic heterocycles. The molecule has 2 aliphatic rings. The van der Waals surface area contributed by atoms with Crippen LogP contribution in [0.2, 0.25) is 4.34 Å². The minimum Gasteiger partial charge on any atom is -0.373 e. The van der Waals surface area contributed by atoms with Crippen LogP contribution in [0.15, 0.2) is 41.3 Å². The Labute approximate surface area is 198 Å². The lowest BCUT2D eigenvalue weighted by molar-refractivity contribution is -0.0440. The van der Waals surface area contributed by atoms with Gasteiger partial charge < -0.3 is 9.64 Å². The van der Waals surface area contributed by atoms with Crippen LogP contribution in [0.3, 0.4) is 0 Å². The van der Waals surface area contributed by atoms with Crippen molar-refractivity contribution < 1.29 is 17.9 Å². The van der Waals surface area contributed by atoms with Gasteiger partial charge in [-0.15, -0.1) is 11.3 Å². The highest BCUT2D eigenvalue weighted by molar-refractivity contribution is 7.89. The largest absolute Gasteiger partial charge is 0.373 e. The highest BCUT2D eigenvalue weighted by atomic mass is 35.5. The zero-order chi connectivity index (χ0) is 22.9. The SMILES string of the molecule is C[C@H]1CN(S(=O)(=O)c2ccc(C(=O)N3CCN(Cc4ccc(Cl)s4)CC3)cc2)C[C@H](C)O1. The van der Waals surface area contributed by atoms with E-state index in [1.165, 1.54) is 21.3 Å². The van der Waals surface area contributed by atoms with E-state index >= 15 is 0 Å². The number of morpholine rings is 1. The van der Waals surface area contributed by atoms with Crippen LogP contribution in [0, 0.1) is 0 Å². The van der Waals surface area contributed by atoms with Crippen LogP contribution in [0.25, 0.3) is 0 Å². The number of amides is 1. The number of piperazine rings is 1. The molecule has 2 aliphatic heterocycles. The lowest BCUT2D eigenvalue weighted by atomic mass is 10.2. The predicted molar refractivity (Wildman–Crippen MR) is 126 cm³/mol. The number of nitrogens with zero attached hydrogens (tertiary/aromatic N) is 3. The van der Waals surface area contributed by atoms with Crippen molar-refractivity contribution in [3.8, 4) is 0 Å². The molecule has 0 radical (unpaired) electrons. The number of halogens is 1. The maximum absolute atomic E-state index is 13.0. The van der Waals surface area contributed by atoms with Crippen LogP contribution in [-0.4, -0.2) is 79.9 Å². The molecule has 0 N–H and O–H groups in total. The molecule has 0 aliphatic carbocycles. The molecule has 2 saturated heterocycles. The summed E-state index contributed by atoms with van der Waals surface area (Å²) in [6.45, 7) is 8.10. The summed E-state index contributed by atoms with van der Waals surface area (Å²) in [7, 11) is -3.62. The van der Waals surface area contributed by atoms with Gasteiger partial charge in [0.2, 0.25) is 10.0 Å². The molecule has 1 aromatic carbocycles. The van der Waals surface area contributed by atoms with Crippen molar-refractivity contribution >= 4 is 38.9 Å². The van der Waals surface area contributed by atoms with E-state index in [0.717, 1.165) is 24.0 Å². The summed E-state index contributed by atoms with van der Waals surface area (Å²) in [5.74, 6) is -0.0682. The van der Waals surface area contributed by atoms with Crippen molar-refractivity contribution in [3.05, 3.63) is 51.2 Å². The Morgan fingerprint density at radius 1 is 1.03 bits per heavy atom. The van der Waals surface area contributed by atoms with Gasteiger partial charge in [-0.05, 0) is 50.2 Å². The maximum Gasteiger partial charge on any atom is 0.253 e. The summed E-state index contributed by atoms with van der Waals surface area (Å²) in [6, 6.07) is 10.2. The van der Waals surface area contributed by atoms with Crippen molar-refractivity contribution in [2.75, 3.05) is 39.3 Å². The lowest BCUT2D eigenvalue weighted by Crippen LogP contribution is -2.48. The highest BCUT2D eigenvalue weighted by Gasteiger charge is 2.32. The smallest absolute Gasteiger partial charge is 0.253 e. The second-order valence-corrected chi connectivity index (χ2v) is 12.1. The Balaban J connectivity index is 1.36. The van der Waals surface area contributed by atoms with Crippen LogP contribution < -0.4 is 0 Å². The fourth-order valence-corrected chi connectivity index (χ4v) is 6.91. The summed E-state index contributed by atoms with van der Waals surface area (Å²) >= 11 is 7.59. The molecule has 0 bridgehead atoms. The van der Waals surface area contributed by atoms with Gasteiger partial charge in [0.25, 0.3) is 5.91 Å². The molecular weight excluding hydrogens is 470 g/mol. The maximum atomic E-state index is 13.0. The molecule has 10 heteroatoms. The minimum atomic E-state index is -3.62. The first-order valence-corrected chi connectivity index (χ1v) is 13.4. The number of carbonyl (C=O) groups excluding carboxylic acids is 1. The number of benzene rings is 1. The number of ether oxygens (including phenoxy) is 1. The second-order valence-electron chi connectivity index (χ2n) is 8.38. The van der Waals surface area contributed by atoms with E-state index in [1.807, 2.05) is 30.9 Å². The molecule has 2 atom stereocenters. The van der Waals surface area contributed by atoms with Crippen LogP contribution in [0.5, 0.6) is 0 Å². The topological polar surface area (TPSA) is 70.2 Å². The standard InChI is InChI=1S/C22H28ClN3O4S2/c1-16-13-26(14-17(2)30-16)32(28,29)20-6-3-18(4-7-20)22(27)25-11-9-24(10-12-25)15-19-5-8-21(23)31-19/h3-8,16-17H,9-15H2,1-2H3/t16-,17-/m0/s1. The molecule has 0 saturated carbocycles. The Morgan fingerprint density at radius 2 is 1.66 bits per heavy atom. The van der Waals surface area contributed by atoms with Gasteiger partial charge in [-0.3, -0.25) is 9.69 Å². The predicted octanol–water partition coefficient (Wildman–Crippen LogP) is 3.16. The van der Waals surface area contributed by atoms with Crippen molar-refractivity contribution in [2.45, 2.75) is 37.5 Å². The quantitative estimate of drug-likeness (QED) is 0.634. The van der Waals surface area contributed by atoms with E-state index in [2.05, 4.69) is 4.90 Å². The van der Waals surface area contributed by atoms with Gasteiger partial charge in [0.15, 0.2) is 0 Å². The normalized spacial score (nSPS) is 23.4. The minimum absolute atomic E-state index is 0.0682. The third-order valence-corrected chi connectivity index (χ3v) is 8.85. The van der Waals surface area contributed by atoms with E-state index in [-0.39, 0.29) is 23.0 Å². The van der Waals surface area contributed by atoms with E-state index < -0.39 is 10.0 Å². The van der Waals surface area contributed by atoms with Crippen molar-refractivity contribution in [1.29, 1.82) is 0 Å². The second kappa shape index (κ2) is 9.79. The van der Waals surface area contributed by atoms with Gasteiger partial charge in [-0.25, -0.2) is 8.42 Å². The van der Waals surface area contributed by atoms with Gasteiger partial charge in [-0.1, -0.05) is 11.6 Å². The number of hydrogen-bond acceptors (Lipinski definition) is 6. The Bertz CT molecular complexity index is 1040. The third kappa shape index (κ3) is 5.35. The summed E-state index contributed by atoms with van der Waals surface area (Å²) in [5.41, 5.74) is 0.506. The monoisotopic (exact) mass is 497 g/mol. The molecule has 32 heavy (non-hydrogen) atoms. The van der Waals surface area contributed by atoms with Crippen LogP contribution in [0.4, 0.5) is 0 Å². The first-order chi connectivity index (χ1) is 15.2. The molecule has 4 rings (SSSR count). The molecule has 1 amide bonds. The summed E-state index contributed by atoms with van der Waals surface area (Å²) in [6.07, 6.45) is -0.297. The first-order valence-electron chi connectivity index (χ1n) is 10.7. The highest BCUT2D eigenvalue weighted by Crippen LogP contribution is 2.24. The summed E-state index contributed by atoms with van der Waals surface area (Å²) in [4.78, 5) is 18.5. The van der Waals surface area contributed by atoms with Crippen LogP contribution >= 0.6 is 22.9 Å². The third-order valence-electron chi connectivity index (χ3n) is 5.79. The average Bonchev–Trinajstić information content (AvgIpc) is 3.17. The Morgan fingerprint density at radius 3 is 2.22 bits per heavy atom. The molecule has 0 spiro atoms. The number of sulfonamides is 1. The molecule has 174 valence electrons. The van der Waals surface area contributed by atoms with Gasteiger partial charge >= 0.3 is 0 Å². The van der Waals surface area contributed by atoms with Gasteiger partial charge in [-0.2, -0.15) is 4.31 Å². The molecule has 3 heterocycles. The van der Waals surface area contributed by atoms with Gasteiger partial charge in [0, 0.05) is 56.3 Å². The Hall–Kier alpha value is -1.49. The first kappa shape index (κ1) is 23.7. The van der Waals surface area contributed by atoms with Crippen molar-refractivity contribution in [1.82, 2.24) is 14.1 Å². The fraction of sp³-hybridized carbons (Fsp3) is 0.500. The van der Waals surface area contributed by atoms with Gasteiger partial charge in [0.1, 0.15) is 0 Å². The molecule has 2 fully saturated rings. The lowest BCUT2D eigenvalue weighted by Gasteiger charge is -2.35. The number of hydrogen-bond donors (Lipinski definition) is 0. The zero-order valence-electron chi connectivity index (χ0n) is 18.2. The van der Waals surface area contributed by atoms with Crippen molar-refractivity contribution in [2.24, 2.45) is 0 Å². The Kier molecular flexibility index (Phi) is 7.24. The van der Waals surface area contributed by atoms with E-state index in [1.54, 1.807) is 23.5 Å². The molecular formula is C22H28ClN3O4S2. The zero-order valence-corrected chi connectivity index (χ0v) is 20.6. The van der Waals surface area contributed by atoms with E-state index in [4.69, 9.17) is 16.3 Å². The number of thiophene rings is 1. The molecule has 7 nitrogen and oxygen atoms in total. The van der Waals surface area contributed by atoms with E-state index in [0.29, 0.717) is 31.7 Å². The van der Waals surface area contributed by atoms with Gasteiger partial charge in [0.05, 0.1) is 21.4 Å². The van der Waals surface area contributed by atoms with Crippen LogP contribution in [-0.2, 0) is 21.3 Å². The average molecular weight is 498 g/mol. The molecule has 2 aromatic rings. The van der Waals surface area contributed by atoms with Crippen molar-refractivity contribution in [3.63, 3.8) is 0 Å². The van der Waals surface area contributed by atoms with Crippen LogP contribution in [0.1, 0.15) is 29.1 Å². The van der Waals surface area contributed by atoms with E-state index in [9.17, 15) is 13.2 Å². The number of carbonyl (C=O) groups is 1. The number of rotatable bonds is 5. The summed E-state index contributed by atoms with van der Waals surface area (Å²) < 4.78 is 33.9. The molecule has 0 unspecified atom stereocenters. The fourth-order valence-electron chi connectivity index (χ4n) is 4.19. The summed E-state index contributed by atoms with van der Waals surface area (Å²) in [5, 5.41) is 0.